The predicted molar refractivity (Wildman–Crippen MR) is 51.9 cm³/mol. The molecule has 11 heavy (non-hydrogen) atoms. The lowest BCUT2D eigenvalue weighted by molar-refractivity contribution is 0.394. The van der Waals surface area contributed by atoms with Gasteiger partial charge >= 0.3 is 0 Å². The van der Waals surface area contributed by atoms with Gasteiger partial charge in [-0.05, 0) is 28.5 Å². The molecular formula is C7H11IN2O. The van der Waals surface area contributed by atoms with Crippen LogP contribution in [0.25, 0.3) is 0 Å². The molecule has 1 N–H and O–H groups in total. The van der Waals surface area contributed by atoms with Gasteiger partial charge in [0.05, 0.1) is 16.4 Å². The maximum absolute atomic E-state index is 5.03. The molecule has 1 aromatic heterocycles. The summed E-state index contributed by atoms with van der Waals surface area (Å²) in [7, 11) is 1.63. The first-order valence-electron chi connectivity index (χ1n) is 3.44. The molecule has 0 fully saturated rings. The molecule has 0 unspecified atom stereocenters. The maximum Gasteiger partial charge on any atom is 0.246 e. The van der Waals surface area contributed by atoms with Gasteiger partial charge in [0.25, 0.3) is 0 Å². The summed E-state index contributed by atoms with van der Waals surface area (Å²) >= 11 is 2.23. The second-order valence-corrected chi connectivity index (χ2v) is 3.69. The van der Waals surface area contributed by atoms with Crippen LogP contribution in [0.2, 0.25) is 0 Å². The number of ether oxygens (including phenoxy) is 1. The summed E-state index contributed by atoms with van der Waals surface area (Å²) in [6.07, 6.45) is 0. The largest absolute Gasteiger partial charge is 0.479 e. The van der Waals surface area contributed by atoms with E-state index < -0.39 is 0 Å². The van der Waals surface area contributed by atoms with Gasteiger partial charge < -0.3 is 4.74 Å². The zero-order valence-electron chi connectivity index (χ0n) is 6.81. The van der Waals surface area contributed by atoms with E-state index in [0.29, 0.717) is 11.8 Å². The van der Waals surface area contributed by atoms with Gasteiger partial charge in [0, 0.05) is 0 Å². The van der Waals surface area contributed by atoms with Crippen molar-refractivity contribution >= 4 is 22.6 Å². The van der Waals surface area contributed by atoms with Crippen LogP contribution < -0.4 is 4.74 Å². The Bertz CT molecular complexity index is 245. The van der Waals surface area contributed by atoms with Gasteiger partial charge in [-0.1, -0.05) is 13.8 Å². The number of rotatable bonds is 2. The van der Waals surface area contributed by atoms with E-state index in [0.717, 1.165) is 9.26 Å². The number of hydrogen-bond acceptors (Lipinski definition) is 2. The second kappa shape index (κ2) is 3.42. The van der Waals surface area contributed by atoms with E-state index in [4.69, 9.17) is 4.74 Å². The standard InChI is InChI=1S/C7H11IN2O/c1-4(2)6-5(8)7(11-3)10-9-6/h4H,1-3H3,(H,9,10). The molecule has 62 valence electrons. The minimum absolute atomic E-state index is 0.471. The van der Waals surface area contributed by atoms with Crippen molar-refractivity contribution in [3.8, 4) is 5.88 Å². The average Bonchev–Trinajstić information content (AvgIpc) is 2.30. The van der Waals surface area contributed by atoms with Crippen molar-refractivity contribution in [2.45, 2.75) is 19.8 Å². The predicted octanol–water partition coefficient (Wildman–Crippen LogP) is 2.15. The number of methoxy groups -OCH3 is 1. The van der Waals surface area contributed by atoms with Crippen LogP contribution in [0.15, 0.2) is 0 Å². The number of nitrogens with one attached hydrogen (secondary N) is 1. The highest BCUT2D eigenvalue weighted by atomic mass is 127. The van der Waals surface area contributed by atoms with Gasteiger partial charge in [0.15, 0.2) is 0 Å². The summed E-state index contributed by atoms with van der Waals surface area (Å²) in [4.78, 5) is 0. The highest BCUT2D eigenvalue weighted by molar-refractivity contribution is 14.1. The molecule has 0 saturated carbocycles. The first-order chi connectivity index (χ1) is 5.16. The Morgan fingerprint density at radius 2 is 2.18 bits per heavy atom. The lowest BCUT2D eigenvalue weighted by atomic mass is 10.1. The van der Waals surface area contributed by atoms with Gasteiger partial charge in [-0.2, -0.15) is 0 Å². The molecule has 0 radical (unpaired) electrons. The van der Waals surface area contributed by atoms with Crippen LogP contribution in [-0.2, 0) is 0 Å². The number of aromatic amines is 1. The van der Waals surface area contributed by atoms with Crippen LogP contribution in [0.1, 0.15) is 25.5 Å². The van der Waals surface area contributed by atoms with Crippen molar-refractivity contribution in [2.24, 2.45) is 0 Å². The number of H-pyrrole nitrogens is 1. The minimum atomic E-state index is 0.471. The third-order valence-corrected chi connectivity index (χ3v) is 2.52. The minimum Gasteiger partial charge on any atom is -0.479 e. The first-order valence-corrected chi connectivity index (χ1v) is 4.52. The van der Waals surface area contributed by atoms with E-state index in [1.54, 1.807) is 7.11 Å². The zero-order valence-corrected chi connectivity index (χ0v) is 8.97. The molecule has 3 nitrogen and oxygen atoms in total. The fraction of sp³-hybridized carbons (Fsp3) is 0.571. The Morgan fingerprint density at radius 1 is 1.55 bits per heavy atom. The maximum atomic E-state index is 5.03. The Balaban J connectivity index is 3.00. The topological polar surface area (TPSA) is 37.9 Å². The van der Waals surface area contributed by atoms with Gasteiger partial charge in [-0.25, -0.2) is 0 Å². The van der Waals surface area contributed by atoms with E-state index in [9.17, 15) is 0 Å². The third kappa shape index (κ3) is 1.66. The highest BCUT2D eigenvalue weighted by Gasteiger charge is 2.12. The fourth-order valence-electron chi connectivity index (χ4n) is 0.842. The lowest BCUT2D eigenvalue weighted by Gasteiger charge is -2.00. The van der Waals surface area contributed by atoms with Crippen molar-refractivity contribution in [2.75, 3.05) is 7.11 Å². The molecule has 0 spiro atoms. The van der Waals surface area contributed by atoms with Crippen molar-refractivity contribution in [1.29, 1.82) is 0 Å². The Kier molecular flexibility index (Phi) is 2.75. The molecule has 0 aromatic carbocycles. The second-order valence-electron chi connectivity index (χ2n) is 2.62. The molecule has 0 amide bonds. The van der Waals surface area contributed by atoms with Gasteiger partial charge in [-0.3, -0.25) is 5.10 Å². The molecule has 0 aliphatic heterocycles. The molecule has 4 heteroatoms. The quantitative estimate of drug-likeness (QED) is 0.833. The summed E-state index contributed by atoms with van der Waals surface area (Å²) in [5.74, 6) is 1.16. The van der Waals surface area contributed by atoms with Gasteiger partial charge in [0.1, 0.15) is 0 Å². The zero-order chi connectivity index (χ0) is 8.43. The van der Waals surface area contributed by atoms with E-state index >= 15 is 0 Å². The van der Waals surface area contributed by atoms with Crippen LogP contribution >= 0.6 is 22.6 Å². The first kappa shape index (κ1) is 8.83. The van der Waals surface area contributed by atoms with E-state index in [2.05, 4.69) is 46.6 Å². The molecule has 0 aliphatic carbocycles. The number of hydrogen-bond donors (Lipinski definition) is 1. The van der Waals surface area contributed by atoms with E-state index in [-0.39, 0.29) is 0 Å². The molecule has 1 heterocycles. The van der Waals surface area contributed by atoms with Gasteiger partial charge in [-0.15, -0.1) is 5.10 Å². The number of halogens is 1. The monoisotopic (exact) mass is 266 g/mol. The van der Waals surface area contributed by atoms with Crippen LogP contribution in [0.5, 0.6) is 5.88 Å². The van der Waals surface area contributed by atoms with Crippen molar-refractivity contribution in [3.05, 3.63) is 9.26 Å². The lowest BCUT2D eigenvalue weighted by Crippen LogP contribution is -1.90. The Labute approximate surface area is 79.7 Å². The summed E-state index contributed by atoms with van der Waals surface area (Å²) in [5.41, 5.74) is 1.14. The van der Waals surface area contributed by atoms with Crippen LogP contribution in [-0.4, -0.2) is 17.3 Å². The molecular weight excluding hydrogens is 255 g/mol. The number of nitrogens with zero attached hydrogens (tertiary/aromatic N) is 1. The molecule has 0 aliphatic rings. The van der Waals surface area contributed by atoms with Gasteiger partial charge in [0.2, 0.25) is 5.88 Å². The number of aromatic nitrogens is 2. The summed E-state index contributed by atoms with van der Waals surface area (Å²) in [6.45, 7) is 4.24. The Hall–Kier alpha value is -0.260. The Morgan fingerprint density at radius 3 is 2.45 bits per heavy atom. The van der Waals surface area contributed by atoms with Crippen LogP contribution in [0.4, 0.5) is 0 Å². The average molecular weight is 266 g/mol. The summed E-state index contributed by atoms with van der Waals surface area (Å²) in [6, 6.07) is 0. The van der Waals surface area contributed by atoms with Crippen molar-refractivity contribution in [3.63, 3.8) is 0 Å². The molecule has 0 bridgehead atoms. The summed E-state index contributed by atoms with van der Waals surface area (Å²) < 4.78 is 6.11. The van der Waals surface area contributed by atoms with Crippen molar-refractivity contribution < 1.29 is 4.74 Å². The van der Waals surface area contributed by atoms with Crippen molar-refractivity contribution in [1.82, 2.24) is 10.2 Å². The highest BCUT2D eigenvalue weighted by Crippen LogP contribution is 2.25. The molecule has 0 atom stereocenters. The SMILES string of the molecule is COc1n[nH]c(C(C)C)c1I. The van der Waals surface area contributed by atoms with E-state index in [1.807, 2.05) is 0 Å². The molecule has 1 aromatic rings. The summed E-state index contributed by atoms with van der Waals surface area (Å²) in [5, 5.41) is 6.94. The fourth-order valence-corrected chi connectivity index (χ4v) is 1.93. The molecule has 1 rings (SSSR count). The van der Waals surface area contributed by atoms with E-state index in [1.165, 1.54) is 0 Å². The normalized spacial score (nSPS) is 10.6. The smallest absolute Gasteiger partial charge is 0.246 e. The third-order valence-electron chi connectivity index (χ3n) is 1.47. The molecule has 0 saturated heterocycles. The van der Waals surface area contributed by atoms with Crippen LogP contribution in [0, 0.1) is 3.57 Å². The van der Waals surface area contributed by atoms with Crippen LogP contribution in [0.3, 0.4) is 0 Å².